The molecule has 4 nitrogen and oxygen atoms in total. The molecule has 1 heterocycles. The molecule has 0 saturated carbocycles. The van der Waals surface area contributed by atoms with Crippen LogP contribution in [0, 0.1) is 0 Å². The van der Waals surface area contributed by atoms with Crippen LogP contribution in [-0.2, 0) is 9.47 Å². The fourth-order valence-corrected chi connectivity index (χ4v) is 0.853. The summed E-state index contributed by atoms with van der Waals surface area (Å²) >= 11 is 0. The lowest BCUT2D eigenvalue weighted by atomic mass is 10.4. The van der Waals surface area contributed by atoms with E-state index in [1.807, 2.05) is 13.8 Å². The second kappa shape index (κ2) is 3.30. The van der Waals surface area contributed by atoms with Crippen LogP contribution < -0.4 is 6.15 Å². The molecule has 1 aliphatic rings. The summed E-state index contributed by atoms with van der Waals surface area (Å²) in [5.74, 6) is -0.493. The van der Waals surface area contributed by atoms with Crippen LogP contribution in [0.3, 0.4) is 0 Å². The van der Waals surface area contributed by atoms with Gasteiger partial charge in [-0.05, 0) is 13.8 Å². The van der Waals surface area contributed by atoms with Gasteiger partial charge in [0.1, 0.15) is 6.10 Å². The molecule has 1 saturated heterocycles. The summed E-state index contributed by atoms with van der Waals surface area (Å²) in [5, 5.41) is 8.59. The van der Waals surface area contributed by atoms with E-state index >= 15 is 0 Å². The summed E-state index contributed by atoms with van der Waals surface area (Å²) < 4.78 is 10.4. The predicted octanol–water partition coefficient (Wildman–Crippen LogP) is 0.292. The van der Waals surface area contributed by atoms with Crippen molar-refractivity contribution in [3.8, 4) is 0 Å². The highest BCUT2D eigenvalue weighted by atomic mass is 16.7. The van der Waals surface area contributed by atoms with Crippen molar-refractivity contribution in [3.05, 3.63) is 0 Å². The second-order valence-corrected chi connectivity index (χ2v) is 2.63. The van der Waals surface area contributed by atoms with Gasteiger partial charge in [0, 0.05) is 0 Å². The minimum atomic E-state index is -0.493. The van der Waals surface area contributed by atoms with Crippen molar-refractivity contribution in [2.75, 3.05) is 13.2 Å². The van der Waals surface area contributed by atoms with Gasteiger partial charge in [-0.2, -0.15) is 0 Å². The molecule has 0 radical (unpaired) electrons. The Balaban J connectivity index is 0.000000810. The molecule has 0 spiro atoms. The third kappa shape index (κ3) is 2.22. The molecule has 1 rings (SSSR count). The summed E-state index contributed by atoms with van der Waals surface area (Å²) in [6, 6.07) is 0. The average molecular weight is 149 g/mol. The third-order valence-corrected chi connectivity index (χ3v) is 1.27. The molecule has 1 atom stereocenters. The Morgan fingerprint density at radius 2 is 2.20 bits per heavy atom. The SMILES string of the molecule is CC1(C)OCC(CO)O1.N. The van der Waals surface area contributed by atoms with E-state index in [1.54, 1.807) is 0 Å². The van der Waals surface area contributed by atoms with E-state index in [-0.39, 0.29) is 18.9 Å². The van der Waals surface area contributed by atoms with E-state index in [0.717, 1.165) is 0 Å². The molecule has 10 heavy (non-hydrogen) atoms. The Bertz CT molecular complexity index is 105. The van der Waals surface area contributed by atoms with Crippen molar-refractivity contribution in [3.63, 3.8) is 0 Å². The molecule has 1 aliphatic heterocycles. The molecule has 0 aromatic carbocycles. The minimum absolute atomic E-state index is 0. The lowest BCUT2D eigenvalue weighted by Gasteiger charge is -2.15. The topological polar surface area (TPSA) is 73.7 Å². The fourth-order valence-electron chi connectivity index (χ4n) is 0.853. The predicted molar refractivity (Wildman–Crippen MR) is 37.0 cm³/mol. The van der Waals surface area contributed by atoms with E-state index in [4.69, 9.17) is 14.6 Å². The molecular weight excluding hydrogens is 134 g/mol. The Labute approximate surface area is 60.7 Å². The van der Waals surface area contributed by atoms with Gasteiger partial charge in [-0.1, -0.05) is 0 Å². The first-order chi connectivity index (χ1) is 4.14. The van der Waals surface area contributed by atoms with Gasteiger partial charge in [0.2, 0.25) is 0 Å². The standard InChI is InChI=1S/C6H12O3.H3N/c1-6(2)8-4-5(3-7)9-6;/h5,7H,3-4H2,1-2H3;1H3. The maximum absolute atomic E-state index is 8.59. The lowest BCUT2D eigenvalue weighted by Crippen LogP contribution is -2.22. The zero-order valence-corrected chi connectivity index (χ0v) is 6.46. The molecule has 0 bridgehead atoms. The van der Waals surface area contributed by atoms with E-state index in [9.17, 15) is 0 Å². The first kappa shape index (κ1) is 9.84. The number of ether oxygens (including phenoxy) is 2. The van der Waals surface area contributed by atoms with E-state index in [0.29, 0.717) is 6.61 Å². The van der Waals surface area contributed by atoms with Crippen molar-refractivity contribution in [1.29, 1.82) is 0 Å². The lowest BCUT2D eigenvalue weighted by molar-refractivity contribution is -0.142. The van der Waals surface area contributed by atoms with Crippen molar-refractivity contribution in [2.24, 2.45) is 0 Å². The van der Waals surface area contributed by atoms with Crippen molar-refractivity contribution < 1.29 is 14.6 Å². The minimum Gasteiger partial charge on any atom is -0.394 e. The van der Waals surface area contributed by atoms with Gasteiger partial charge in [0.15, 0.2) is 5.79 Å². The van der Waals surface area contributed by atoms with Gasteiger partial charge in [-0.15, -0.1) is 0 Å². The van der Waals surface area contributed by atoms with E-state index in [1.165, 1.54) is 0 Å². The molecular formula is C6H15NO3. The monoisotopic (exact) mass is 149 g/mol. The highest BCUT2D eigenvalue weighted by molar-refractivity contribution is 4.69. The largest absolute Gasteiger partial charge is 0.394 e. The van der Waals surface area contributed by atoms with Crippen LogP contribution in [0.4, 0.5) is 0 Å². The maximum atomic E-state index is 8.59. The molecule has 0 aliphatic carbocycles. The maximum Gasteiger partial charge on any atom is 0.163 e. The molecule has 62 valence electrons. The van der Waals surface area contributed by atoms with Crippen LogP contribution in [0.25, 0.3) is 0 Å². The molecule has 0 aromatic heterocycles. The van der Waals surface area contributed by atoms with Gasteiger partial charge in [0.05, 0.1) is 13.2 Å². The van der Waals surface area contributed by atoms with Gasteiger partial charge in [-0.25, -0.2) is 0 Å². The Morgan fingerprint density at radius 3 is 2.40 bits per heavy atom. The van der Waals surface area contributed by atoms with Gasteiger partial charge >= 0.3 is 0 Å². The first-order valence-corrected chi connectivity index (χ1v) is 3.07. The molecule has 1 fully saturated rings. The molecule has 1 unspecified atom stereocenters. The Hall–Kier alpha value is -0.160. The number of hydrogen-bond acceptors (Lipinski definition) is 4. The summed E-state index contributed by atoms with van der Waals surface area (Å²) in [6.45, 7) is 4.22. The van der Waals surface area contributed by atoms with E-state index < -0.39 is 5.79 Å². The normalized spacial score (nSPS) is 29.7. The molecule has 0 amide bonds. The summed E-state index contributed by atoms with van der Waals surface area (Å²) in [4.78, 5) is 0. The Morgan fingerprint density at radius 1 is 1.60 bits per heavy atom. The number of rotatable bonds is 1. The average Bonchev–Trinajstić information content (AvgIpc) is 2.10. The molecule has 4 N–H and O–H groups in total. The van der Waals surface area contributed by atoms with Gasteiger partial charge < -0.3 is 20.7 Å². The second-order valence-electron chi connectivity index (χ2n) is 2.63. The highest BCUT2D eigenvalue weighted by Crippen LogP contribution is 2.21. The number of aliphatic hydroxyl groups is 1. The number of aliphatic hydroxyl groups excluding tert-OH is 1. The first-order valence-electron chi connectivity index (χ1n) is 3.07. The Kier molecular flexibility index (Phi) is 3.24. The smallest absolute Gasteiger partial charge is 0.163 e. The van der Waals surface area contributed by atoms with Crippen LogP contribution in [0.1, 0.15) is 13.8 Å². The summed E-state index contributed by atoms with van der Waals surface area (Å²) in [6.07, 6.45) is -0.125. The van der Waals surface area contributed by atoms with Crippen molar-refractivity contribution >= 4 is 0 Å². The van der Waals surface area contributed by atoms with E-state index in [2.05, 4.69) is 0 Å². The van der Waals surface area contributed by atoms with Gasteiger partial charge in [0.25, 0.3) is 0 Å². The van der Waals surface area contributed by atoms with Crippen LogP contribution >= 0.6 is 0 Å². The zero-order valence-electron chi connectivity index (χ0n) is 6.46. The van der Waals surface area contributed by atoms with Crippen LogP contribution in [0.15, 0.2) is 0 Å². The quantitative estimate of drug-likeness (QED) is 0.562. The highest BCUT2D eigenvalue weighted by Gasteiger charge is 2.31. The summed E-state index contributed by atoms with van der Waals surface area (Å²) in [7, 11) is 0. The molecule has 4 heteroatoms. The third-order valence-electron chi connectivity index (χ3n) is 1.27. The summed E-state index contributed by atoms with van der Waals surface area (Å²) in [5.41, 5.74) is 0. The van der Waals surface area contributed by atoms with Crippen molar-refractivity contribution in [1.82, 2.24) is 6.15 Å². The van der Waals surface area contributed by atoms with Crippen molar-refractivity contribution in [2.45, 2.75) is 25.7 Å². The zero-order chi connectivity index (χ0) is 6.91. The fraction of sp³-hybridized carbons (Fsp3) is 1.00. The number of hydrogen-bond donors (Lipinski definition) is 2. The van der Waals surface area contributed by atoms with Crippen LogP contribution in [-0.4, -0.2) is 30.2 Å². The van der Waals surface area contributed by atoms with Gasteiger partial charge in [-0.3, -0.25) is 0 Å². The molecule has 0 aromatic rings. The van der Waals surface area contributed by atoms with Crippen LogP contribution in [0.2, 0.25) is 0 Å². The van der Waals surface area contributed by atoms with Crippen LogP contribution in [0.5, 0.6) is 0 Å².